The average molecular weight is 396 g/mol. The van der Waals surface area contributed by atoms with E-state index in [1.54, 1.807) is 12.1 Å². The van der Waals surface area contributed by atoms with Crippen LogP contribution in [0, 0.1) is 13.8 Å². The molecule has 2 heterocycles. The summed E-state index contributed by atoms with van der Waals surface area (Å²) in [4.78, 5) is 29.5. The van der Waals surface area contributed by atoms with Crippen molar-refractivity contribution in [1.82, 2.24) is 14.4 Å². The molecule has 6 nitrogen and oxygen atoms in total. The van der Waals surface area contributed by atoms with Crippen molar-refractivity contribution in [2.75, 3.05) is 39.8 Å². The van der Waals surface area contributed by atoms with Crippen LogP contribution in [0.1, 0.15) is 44.9 Å². The van der Waals surface area contributed by atoms with Gasteiger partial charge in [-0.3, -0.25) is 14.6 Å². The number of ketones is 1. The highest BCUT2D eigenvalue weighted by Gasteiger charge is 2.31. The normalized spacial score (nSPS) is 18.0. The Morgan fingerprint density at radius 2 is 1.69 bits per heavy atom. The Labute approximate surface area is 172 Å². The molecule has 0 atom stereocenters. The number of aryl methyl sites for hydroxylation is 1. The first-order valence-corrected chi connectivity index (χ1v) is 10.3. The number of rotatable bonds is 6. The van der Waals surface area contributed by atoms with Gasteiger partial charge in [-0.25, -0.2) is 4.79 Å². The fraction of sp³-hybridized carbons (Fsp3) is 0.478. The molecule has 2 aromatic rings. The van der Waals surface area contributed by atoms with Gasteiger partial charge in [-0.2, -0.15) is 0 Å². The lowest BCUT2D eigenvalue weighted by molar-refractivity contribution is 0.0600. The van der Waals surface area contributed by atoms with Gasteiger partial charge >= 0.3 is 5.97 Å². The van der Waals surface area contributed by atoms with E-state index in [9.17, 15) is 9.59 Å². The molecule has 0 N–H and O–H groups in total. The van der Waals surface area contributed by atoms with Crippen LogP contribution >= 0.6 is 0 Å². The van der Waals surface area contributed by atoms with Crippen molar-refractivity contribution in [2.45, 2.75) is 32.7 Å². The van der Waals surface area contributed by atoms with Crippen LogP contribution < -0.4 is 0 Å². The predicted octanol–water partition coefficient (Wildman–Crippen LogP) is 2.84. The van der Waals surface area contributed by atoms with Crippen LogP contribution in [0.2, 0.25) is 0 Å². The number of carbonyl (C=O) groups is 2. The predicted molar refractivity (Wildman–Crippen MR) is 112 cm³/mol. The summed E-state index contributed by atoms with van der Waals surface area (Å²) in [5, 5.41) is 0. The molecule has 0 unspecified atom stereocenters. The molecular formula is C23H29N3O3. The Bertz CT molecular complexity index is 904. The zero-order valence-corrected chi connectivity index (χ0v) is 17.5. The first-order chi connectivity index (χ1) is 14.0. The molecule has 154 valence electrons. The van der Waals surface area contributed by atoms with Crippen molar-refractivity contribution in [3.05, 3.63) is 52.8 Å². The van der Waals surface area contributed by atoms with E-state index in [-0.39, 0.29) is 11.8 Å². The number of hydrogen-bond donors (Lipinski definition) is 0. The van der Waals surface area contributed by atoms with Gasteiger partial charge in [-0.05, 0) is 57.0 Å². The molecule has 0 radical (unpaired) electrons. The second kappa shape index (κ2) is 8.13. The van der Waals surface area contributed by atoms with Crippen LogP contribution in [0.15, 0.2) is 30.3 Å². The summed E-state index contributed by atoms with van der Waals surface area (Å²) in [5.41, 5.74) is 4.18. The van der Waals surface area contributed by atoms with Gasteiger partial charge in [0.2, 0.25) is 0 Å². The molecule has 1 aromatic carbocycles. The SMILES string of the molecule is COC(=O)c1ccc(-n2c(C)cc(C(=O)CN3CCN(C4CC4)CC3)c2C)cc1. The number of esters is 1. The van der Waals surface area contributed by atoms with E-state index in [0.717, 1.165) is 54.9 Å². The quantitative estimate of drug-likeness (QED) is 0.556. The number of methoxy groups -OCH3 is 1. The van der Waals surface area contributed by atoms with E-state index in [2.05, 4.69) is 14.4 Å². The molecule has 4 rings (SSSR count). The Morgan fingerprint density at radius 3 is 2.28 bits per heavy atom. The van der Waals surface area contributed by atoms with Crippen LogP contribution in [0.4, 0.5) is 0 Å². The standard InChI is InChI=1S/C23H29N3O3/c1-16-14-21(22(27)15-24-10-12-25(13-11-24)19-8-9-19)17(2)26(16)20-6-4-18(5-7-20)23(28)29-3/h4-7,14,19H,8-13,15H2,1-3H3. The highest BCUT2D eigenvalue weighted by atomic mass is 16.5. The lowest BCUT2D eigenvalue weighted by atomic mass is 10.1. The van der Waals surface area contributed by atoms with E-state index < -0.39 is 0 Å². The van der Waals surface area contributed by atoms with E-state index in [4.69, 9.17) is 4.74 Å². The van der Waals surface area contributed by atoms with Crippen LogP contribution in [-0.2, 0) is 4.74 Å². The van der Waals surface area contributed by atoms with Crippen molar-refractivity contribution in [3.63, 3.8) is 0 Å². The highest BCUT2D eigenvalue weighted by molar-refractivity contribution is 5.99. The van der Waals surface area contributed by atoms with Gasteiger partial charge in [0.05, 0.1) is 19.2 Å². The molecule has 1 saturated heterocycles. The lowest BCUT2D eigenvalue weighted by Crippen LogP contribution is -2.48. The first kappa shape index (κ1) is 19.9. The maximum absolute atomic E-state index is 13.0. The summed E-state index contributed by atoms with van der Waals surface area (Å²) in [6, 6.07) is 10.1. The zero-order valence-electron chi connectivity index (χ0n) is 17.5. The molecule has 29 heavy (non-hydrogen) atoms. The number of Topliss-reactive ketones (excluding diaryl/α,β-unsaturated/α-hetero) is 1. The van der Waals surface area contributed by atoms with Crippen molar-refractivity contribution in [1.29, 1.82) is 0 Å². The Morgan fingerprint density at radius 1 is 1.03 bits per heavy atom. The fourth-order valence-electron chi connectivity index (χ4n) is 4.32. The highest BCUT2D eigenvalue weighted by Crippen LogP contribution is 2.27. The van der Waals surface area contributed by atoms with Crippen molar-refractivity contribution >= 4 is 11.8 Å². The van der Waals surface area contributed by atoms with Crippen molar-refractivity contribution < 1.29 is 14.3 Å². The molecule has 1 aromatic heterocycles. The molecule has 2 aliphatic rings. The van der Waals surface area contributed by atoms with Gasteiger partial charge in [0.25, 0.3) is 0 Å². The third kappa shape index (κ3) is 4.14. The molecule has 1 aliphatic heterocycles. The fourth-order valence-corrected chi connectivity index (χ4v) is 4.32. The topological polar surface area (TPSA) is 54.8 Å². The largest absolute Gasteiger partial charge is 0.465 e. The van der Waals surface area contributed by atoms with Gasteiger partial charge in [-0.1, -0.05) is 0 Å². The third-order valence-corrected chi connectivity index (χ3v) is 6.12. The van der Waals surface area contributed by atoms with E-state index >= 15 is 0 Å². The Kier molecular flexibility index (Phi) is 5.56. The number of hydrogen-bond acceptors (Lipinski definition) is 5. The summed E-state index contributed by atoms with van der Waals surface area (Å²) in [5.74, 6) is -0.175. The number of carbonyl (C=O) groups excluding carboxylic acids is 2. The smallest absolute Gasteiger partial charge is 0.337 e. The van der Waals surface area contributed by atoms with Crippen molar-refractivity contribution in [2.24, 2.45) is 0 Å². The van der Waals surface area contributed by atoms with Crippen molar-refractivity contribution in [3.8, 4) is 5.69 Å². The molecular weight excluding hydrogens is 366 g/mol. The molecule has 2 fully saturated rings. The second-order valence-electron chi connectivity index (χ2n) is 8.13. The maximum Gasteiger partial charge on any atom is 0.337 e. The summed E-state index contributed by atoms with van der Waals surface area (Å²) >= 11 is 0. The minimum absolute atomic E-state index is 0.176. The maximum atomic E-state index is 13.0. The van der Waals surface area contributed by atoms with Crippen LogP contribution in [0.3, 0.4) is 0 Å². The van der Waals surface area contributed by atoms with Gasteiger partial charge in [0.15, 0.2) is 5.78 Å². The Balaban J connectivity index is 1.46. The van der Waals surface area contributed by atoms with Gasteiger partial charge in [-0.15, -0.1) is 0 Å². The van der Waals surface area contributed by atoms with E-state index in [0.29, 0.717) is 12.1 Å². The van der Waals surface area contributed by atoms with Gasteiger partial charge in [0, 0.05) is 54.9 Å². The van der Waals surface area contributed by atoms with Crippen LogP contribution in [0.5, 0.6) is 0 Å². The minimum atomic E-state index is -0.352. The average Bonchev–Trinajstić information content (AvgIpc) is 3.53. The third-order valence-electron chi connectivity index (χ3n) is 6.12. The van der Waals surface area contributed by atoms with Crippen LogP contribution in [-0.4, -0.2) is 72.0 Å². The Hall–Kier alpha value is -2.44. The second-order valence-corrected chi connectivity index (χ2v) is 8.13. The summed E-state index contributed by atoms with van der Waals surface area (Å²) < 4.78 is 6.83. The molecule has 0 spiro atoms. The molecule has 0 amide bonds. The van der Waals surface area contributed by atoms with Gasteiger partial charge in [0.1, 0.15) is 0 Å². The number of nitrogens with zero attached hydrogens (tertiary/aromatic N) is 3. The minimum Gasteiger partial charge on any atom is -0.465 e. The monoisotopic (exact) mass is 395 g/mol. The molecule has 6 heteroatoms. The number of piperazine rings is 1. The first-order valence-electron chi connectivity index (χ1n) is 10.3. The van der Waals surface area contributed by atoms with E-state index in [1.165, 1.54) is 20.0 Å². The lowest BCUT2D eigenvalue weighted by Gasteiger charge is -2.34. The van der Waals surface area contributed by atoms with Gasteiger partial charge < -0.3 is 9.30 Å². The summed E-state index contributed by atoms with van der Waals surface area (Å²) in [6.07, 6.45) is 2.68. The summed E-state index contributed by atoms with van der Waals surface area (Å²) in [7, 11) is 1.38. The van der Waals surface area contributed by atoms with Crippen LogP contribution in [0.25, 0.3) is 5.69 Å². The number of ether oxygens (including phenoxy) is 1. The number of aromatic nitrogens is 1. The number of benzene rings is 1. The molecule has 1 saturated carbocycles. The molecule has 1 aliphatic carbocycles. The summed E-state index contributed by atoms with van der Waals surface area (Å²) in [6.45, 7) is 8.55. The van der Waals surface area contributed by atoms with E-state index in [1.807, 2.05) is 32.0 Å². The molecule has 0 bridgehead atoms. The zero-order chi connectivity index (χ0) is 20.5.